The van der Waals surface area contributed by atoms with Crippen LogP contribution < -0.4 is 10.4 Å². The average molecular weight is 388 g/mol. The molecule has 4 rings (SSSR count). The van der Waals surface area contributed by atoms with Crippen LogP contribution in [0.2, 0.25) is 0 Å². The molecular weight excluding hydrogens is 364 g/mol. The molecule has 0 aliphatic carbocycles. The largest absolute Gasteiger partial charge is 0.481 e. The molecule has 5 nitrogen and oxygen atoms in total. The van der Waals surface area contributed by atoms with E-state index in [1.165, 1.54) is 7.11 Å². The van der Waals surface area contributed by atoms with Gasteiger partial charge in [0.1, 0.15) is 5.60 Å². The van der Waals surface area contributed by atoms with Crippen LogP contribution in [-0.4, -0.2) is 16.7 Å². The Hall–Kier alpha value is -3.18. The maximum absolute atomic E-state index is 12.8. The summed E-state index contributed by atoms with van der Waals surface area (Å²) in [5.74, 6) is 0.349. The van der Waals surface area contributed by atoms with Gasteiger partial charge in [-0.15, -0.1) is 0 Å². The molecule has 1 atom stereocenters. The highest BCUT2D eigenvalue weighted by atomic mass is 16.5. The first-order valence-electron chi connectivity index (χ1n) is 9.72. The molecule has 1 aliphatic rings. The zero-order valence-electron chi connectivity index (χ0n) is 16.7. The second kappa shape index (κ2) is 7.68. The molecule has 0 amide bonds. The highest BCUT2D eigenvalue weighted by Crippen LogP contribution is 2.48. The van der Waals surface area contributed by atoms with Gasteiger partial charge in [-0.25, -0.2) is 4.79 Å². The average Bonchev–Trinajstić information content (AvgIpc) is 3.07. The first-order valence-corrected chi connectivity index (χ1v) is 9.72. The SMILES string of the molecule is C=C1C[C@](OCc2ccccc2)(c2ccccc2)c2c(CC)c(OC)nc(=O)n21. The molecule has 0 unspecified atom stereocenters. The number of aromatic nitrogens is 2. The summed E-state index contributed by atoms with van der Waals surface area (Å²) in [6, 6.07) is 20.0. The van der Waals surface area contributed by atoms with Gasteiger partial charge in [0.2, 0.25) is 5.88 Å². The zero-order chi connectivity index (χ0) is 20.4. The molecule has 0 bridgehead atoms. The number of nitrogens with zero attached hydrogens (tertiary/aromatic N) is 2. The molecule has 29 heavy (non-hydrogen) atoms. The fourth-order valence-corrected chi connectivity index (χ4v) is 4.12. The van der Waals surface area contributed by atoms with Crippen molar-refractivity contribution in [3.05, 3.63) is 100 Å². The second-order valence-corrected chi connectivity index (χ2v) is 7.13. The van der Waals surface area contributed by atoms with Crippen LogP contribution in [0, 0.1) is 0 Å². The summed E-state index contributed by atoms with van der Waals surface area (Å²) in [6.45, 7) is 6.60. The lowest BCUT2D eigenvalue weighted by molar-refractivity contribution is -0.0251. The van der Waals surface area contributed by atoms with Gasteiger partial charge < -0.3 is 9.47 Å². The quantitative estimate of drug-likeness (QED) is 0.637. The van der Waals surface area contributed by atoms with Crippen LogP contribution in [0.1, 0.15) is 35.7 Å². The molecule has 3 aromatic rings. The Morgan fingerprint density at radius 1 is 1.10 bits per heavy atom. The summed E-state index contributed by atoms with van der Waals surface area (Å²) in [5.41, 5.74) is 3.12. The fourth-order valence-electron chi connectivity index (χ4n) is 4.12. The smallest absolute Gasteiger partial charge is 0.355 e. The number of ether oxygens (including phenoxy) is 2. The lowest BCUT2D eigenvalue weighted by Gasteiger charge is -2.32. The number of hydrogen-bond acceptors (Lipinski definition) is 4. The van der Waals surface area contributed by atoms with E-state index in [1.54, 1.807) is 4.57 Å². The highest BCUT2D eigenvalue weighted by molar-refractivity contribution is 5.59. The topological polar surface area (TPSA) is 53.4 Å². The molecule has 0 N–H and O–H groups in total. The Balaban J connectivity index is 1.95. The molecule has 0 fully saturated rings. The van der Waals surface area contributed by atoms with Crippen molar-refractivity contribution in [2.75, 3.05) is 7.11 Å². The Bertz CT molecular complexity index is 1090. The summed E-state index contributed by atoms with van der Waals surface area (Å²) in [6.07, 6.45) is 1.13. The molecule has 0 radical (unpaired) electrons. The minimum Gasteiger partial charge on any atom is -0.481 e. The molecule has 148 valence electrons. The van der Waals surface area contributed by atoms with E-state index < -0.39 is 5.60 Å². The van der Waals surface area contributed by atoms with Gasteiger partial charge in [-0.1, -0.05) is 74.2 Å². The van der Waals surface area contributed by atoms with Crippen LogP contribution in [0.25, 0.3) is 5.70 Å². The van der Waals surface area contributed by atoms with Crippen LogP contribution in [0.5, 0.6) is 5.88 Å². The molecule has 0 spiro atoms. The second-order valence-electron chi connectivity index (χ2n) is 7.13. The third-order valence-electron chi connectivity index (χ3n) is 5.42. The van der Waals surface area contributed by atoms with E-state index in [1.807, 2.05) is 67.6 Å². The van der Waals surface area contributed by atoms with Gasteiger partial charge in [0, 0.05) is 17.7 Å². The van der Waals surface area contributed by atoms with Crippen molar-refractivity contribution in [1.82, 2.24) is 9.55 Å². The third-order valence-corrected chi connectivity index (χ3v) is 5.42. The van der Waals surface area contributed by atoms with Crippen molar-refractivity contribution in [3.8, 4) is 5.88 Å². The van der Waals surface area contributed by atoms with Gasteiger partial charge >= 0.3 is 5.69 Å². The van der Waals surface area contributed by atoms with Crippen LogP contribution in [0.3, 0.4) is 0 Å². The Labute approximate surface area is 170 Å². The molecule has 2 heterocycles. The monoisotopic (exact) mass is 388 g/mol. The maximum atomic E-state index is 12.8. The summed E-state index contributed by atoms with van der Waals surface area (Å²) in [5, 5.41) is 0. The zero-order valence-corrected chi connectivity index (χ0v) is 16.7. The van der Waals surface area contributed by atoms with Gasteiger partial charge in [-0.2, -0.15) is 4.98 Å². The van der Waals surface area contributed by atoms with Crippen molar-refractivity contribution in [2.45, 2.75) is 32.0 Å². The van der Waals surface area contributed by atoms with E-state index in [4.69, 9.17) is 9.47 Å². The normalized spacial score (nSPS) is 17.9. The Morgan fingerprint density at radius 3 is 2.38 bits per heavy atom. The molecule has 2 aromatic carbocycles. The summed E-state index contributed by atoms with van der Waals surface area (Å²) in [7, 11) is 1.54. The molecule has 0 saturated heterocycles. The summed E-state index contributed by atoms with van der Waals surface area (Å²) >= 11 is 0. The molecule has 5 heteroatoms. The highest BCUT2D eigenvalue weighted by Gasteiger charge is 2.47. The predicted octanol–water partition coefficient (Wildman–Crippen LogP) is 4.15. The van der Waals surface area contributed by atoms with Gasteiger partial charge in [-0.05, 0) is 17.5 Å². The van der Waals surface area contributed by atoms with Gasteiger partial charge in [-0.3, -0.25) is 4.57 Å². The predicted molar refractivity (Wildman–Crippen MR) is 113 cm³/mol. The first kappa shape index (κ1) is 19.2. The number of benzene rings is 2. The van der Waals surface area contributed by atoms with Gasteiger partial charge in [0.15, 0.2) is 0 Å². The van der Waals surface area contributed by atoms with Gasteiger partial charge in [0.25, 0.3) is 0 Å². The Kier molecular flexibility index (Phi) is 5.07. The molecule has 1 aromatic heterocycles. The standard InChI is InChI=1S/C24H24N2O3/c1-4-20-21-24(19-13-9-6-10-14-19,29-16-18-11-7-5-8-12-18)15-17(2)26(21)23(27)25-22(20)28-3/h5-14H,2,4,15-16H2,1,3H3/t24-/m0/s1. The lowest BCUT2D eigenvalue weighted by Crippen LogP contribution is -2.33. The molecular formula is C24H24N2O3. The fraction of sp³-hybridized carbons (Fsp3) is 0.250. The number of fused-ring (bicyclic) bond motifs is 1. The maximum Gasteiger partial charge on any atom is 0.355 e. The summed E-state index contributed by atoms with van der Waals surface area (Å²) < 4.78 is 13.7. The van der Waals surface area contributed by atoms with Gasteiger partial charge in [0.05, 0.1) is 19.4 Å². The van der Waals surface area contributed by atoms with Crippen LogP contribution in [-0.2, 0) is 23.4 Å². The lowest BCUT2D eigenvalue weighted by atomic mass is 9.86. The van der Waals surface area contributed by atoms with E-state index in [0.717, 1.165) is 22.4 Å². The van der Waals surface area contributed by atoms with E-state index >= 15 is 0 Å². The van der Waals surface area contributed by atoms with Crippen molar-refractivity contribution in [1.29, 1.82) is 0 Å². The minimum atomic E-state index is -0.838. The number of methoxy groups -OCH3 is 1. The minimum absolute atomic E-state index is 0.349. The van der Waals surface area contributed by atoms with Crippen LogP contribution in [0.4, 0.5) is 0 Å². The van der Waals surface area contributed by atoms with Crippen LogP contribution in [0.15, 0.2) is 72.0 Å². The van der Waals surface area contributed by atoms with Crippen molar-refractivity contribution >= 4 is 5.70 Å². The number of hydrogen-bond donors (Lipinski definition) is 0. The van der Waals surface area contributed by atoms with E-state index in [0.29, 0.717) is 31.0 Å². The van der Waals surface area contributed by atoms with E-state index in [9.17, 15) is 4.79 Å². The van der Waals surface area contributed by atoms with Crippen molar-refractivity contribution < 1.29 is 9.47 Å². The molecule has 0 saturated carbocycles. The van der Waals surface area contributed by atoms with Crippen molar-refractivity contribution in [3.63, 3.8) is 0 Å². The van der Waals surface area contributed by atoms with E-state index in [2.05, 4.69) is 11.6 Å². The molecule has 1 aliphatic heterocycles. The van der Waals surface area contributed by atoms with Crippen LogP contribution >= 0.6 is 0 Å². The van der Waals surface area contributed by atoms with E-state index in [-0.39, 0.29) is 5.69 Å². The van der Waals surface area contributed by atoms with Crippen molar-refractivity contribution in [2.24, 2.45) is 0 Å². The Morgan fingerprint density at radius 2 is 1.76 bits per heavy atom. The summed E-state index contributed by atoms with van der Waals surface area (Å²) in [4.78, 5) is 16.9. The first-order chi connectivity index (χ1) is 14.1. The third kappa shape index (κ3) is 3.17. The number of rotatable bonds is 6.